The van der Waals surface area contributed by atoms with E-state index >= 15 is 0 Å². The zero-order valence-electron chi connectivity index (χ0n) is 13.0. The molecular formula is C15H23ClN2O3S. The molecular weight excluding hydrogens is 324 g/mol. The number of nitrogens with one attached hydrogen (secondary N) is 2. The van der Waals surface area contributed by atoms with Gasteiger partial charge in [-0.1, -0.05) is 17.7 Å². The van der Waals surface area contributed by atoms with Crippen molar-refractivity contribution in [2.24, 2.45) is 5.41 Å². The minimum atomic E-state index is -3.58. The minimum Gasteiger partial charge on any atom is -0.384 e. The fourth-order valence-electron chi connectivity index (χ4n) is 2.82. The Bertz CT molecular complexity index is 608. The van der Waals surface area contributed by atoms with Gasteiger partial charge in [-0.15, -0.1) is 0 Å². The van der Waals surface area contributed by atoms with Crippen molar-refractivity contribution in [1.82, 2.24) is 10.0 Å². The van der Waals surface area contributed by atoms with Crippen LogP contribution in [0.3, 0.4) is 0 Å². The van der Waals surface area contributed by atoms with Crippen LogP contribution in [0.4, 0.5) is 0 Å². The van der Waals surface area contributed by atoms with Crippen molar-refractivity contribution in [3.8, 4) is 0 Å². The van der Waals surface area contributed by atoms with Crippen molar-refractivity contribution in [3.05, 3.63) is 28.8 Å². The summed E-state index contributed by atoms with van der Waals surface area (Å²) >= 11 is 5.93. The highest BCUT2D eigenvalue weighted by Gasteiger charge is 2.33. The number of hydrogen-bond donors (Lipinski definition) is 2. The Kier molecular flexibility index (Phi) is 5.85. The highest BCUT2D eigenvalue weighted by Crippen LogP contribution is 2.29. The first-order chi connectivity index (χ1) is 10.4. The SMILES string of the molecule is COCC1(CNS(=O)(=O)c2cc(Cl)ccc2C)CCNCC1. The molecule has 0 spiro atoms. The molecule has 0 atom stereocenters. The first kappa shape index (κ1) is 17.7. The molecule has 0 bridgehead atoms. The molecule has 2 rings (SSSR count). The quantitative estimate of drug-likeness (QED) is 0.826. The number of rotatable bonds is 6. The molecule has 2 N–H and O–H groups in total. The second-order valence-electron chi connectivity index (χ2n) is 5.92. The van der Waals surface area contributed by atoms with E-state index in [1.165, 1.54) is 6.07 Å². The van der Waals surface area contributed by atoms with Crippen LogP contribution in [-0.4, -0.2) is 41.8 Å². The second kappa shape index (κ2) is 7.27. The first-order valence-corrected chi connectivity index (χ1v) is 9.20. The number of benzene rings is 1. The van der Waals surface area contributed by atoms with E-state index < -0.39 is 10.0 Å². The van der Waals surface area contributed by atoms with Crippen LogP contribution in [-0.2, 0) is 14.8 Å². The summed E-state index contributed by atoms with van der Waals surface area (Å²) in [6.45, 7) is 4.44. The Morgan fingerprint density at radius 2 is 2.05 bits per heavy atom. The van der Waals surface area contributed by atoms with Gasteiger partial charge in [-0.2, -0.15) is 0 Å². The number of ether oxygens (including phenoxy) is 1. The highest BCUT2D eigenvalue weighted by atomic mass is 35.5. The maximum Gasteiger partial charge on any atom is 0.240 e. The minimum absolute atomic E-state index is 0.153. The normalized spacial score (nSPS) is 18.3. The molecule has 0 saturated carbocycles. The Morgan fingerprint density at radius 1 is 1.36 bits per heavy atom. The third kappa shape index (κ3) is 4.20. The fraction of sp³-hybridized carbons (Fsp3) is 0.600. The van der Waals surface area contributed by atoms with Gasteiger partial charge in [0.25, 0.3) is 0 Å². The maximum atomic E-state index is 12.6. The van der Waals surface area contributed by atoms with Gasteiger partial charge in [0.2, 0.25) is 10.0 Å². The van der Waals surface area contributed by atoms with E-state index in [2.05, 4.69) is 10.0 Å². The molecule has 1 aromatic carbocycles. The van der Waals surface area contributed by atoms with Gasteiger partial charge in [0, 0.05) is 24.1 Å². The molecule has 124 valence electrons. The smallest absolute Gasteiger partial charge is 0.240 e. The van der Waals surface area contributed by atoms with E-state index in [0.717, 1.165) is 25.9 Å². The van der Waals surface area contributed by atoms with Crippen LogP contribution in [0, 0.1) is 12.3 Å². The lowest BCUT2D eigenvalue weighted by atomic mass is 9.80. The Hall–Kier alpha value is -0.660. The zero-order valence-corrected chi connectivity index (χ0v) is 14.6. The van der Waals surface area contributed by atoms with Gasteiger partial charge >= 0.3 is 0 Å². The number of sulfonamides is 1. The fourth-order valence-corrected chi connectivity index (χ4v) is 4.49. The summed E-state index contributed by atoms with van der Waals surface area (Å²) in [5.74, 6) is 0. The van der Waals surface area contributed by atoms with E-state index in [-0.39, 0.29) is 10.3 Å². The van der Waals surface area contributed by atoms with Crippen LogP contribution in [0.15, 0.2) is 23.1 Å². The summed E-state index contributed by atoms with van der Waals surface area (Å²) in [7, 11) is -1.93. The summed E-state index contributed by atoms with van der Waals surface area (Å²) in [6, 6.07) is 4.89. The van der Waals surface area contributed by atoms with Gasteiger partial charge in [-0.25, -0.2) is 13.1 Å². The van der Waals surface area contributed by atoms with Crippen LogP contribution in [0.2, 0.25) is 5.02 Å². The van der Waals surface area contributed by atoms with Crippen LogP contribution in [0.25, 0.3) is 0 Å². The van der Waals surface area contributed by atoms with Crippen molar-refractivity contribution >= 4 is 21.6 Å². The predicted molar refractivity (Wildman–Crippen MR) is 87.8 cm³/mol. The van der Waals surface area contributed by atoms with E-state index in [1.807, 2.05) is 0 Å². The lowest BCUT2D eigenvalue weighted by Crippen LogP contribution is -2.47. The molecule has 1 saturated heterocycles. The highest BCUT2D eigenvalue weighted by molar-refractivity contribution is 7.89. The number of aryl methyl sites for hydroxylation is 1. The molecule has 5 nitrogen and oxygen atoms in total. The number of hydrogen-bond acceptors (Lipinski definition) is 4. The van der Waals surface area contributed by atoms with Crippen LogP contribution in [0.5, 0.6) is 0 Å². The van der Waals surface area contributed by atoms with Crippen LogP contribution in [0.1, 0.15) is 18.4 Å². The van der Waals surface area contributed by atoms with E-state index in [1.54, 1.807) is 26.2 Å². The van der Waals surface area contributed by atoms with Gasteiger partial charge in [0.05, 0.1) is 11.5 Å². The zero-order chi connectivity index (χ0) is 16.2. The van der Waals surface area contributed by atoms with Gasteiger partial charge < -0.3 is 10.1 Å². The summed E-state index contributed by atoms with van der Waals surface area (Å²) < 4.78 is 33.2. The predicted octanol–water partition coefficient (Wildman–Crippen LogP) is 1.94. The largest absolute Gasteiger partial charge is 0.384 e. The summed E-state index contributed by atoms with van der Waals surface area (Å²) in [5.41, 5.74) is 0.530. The molecule has 1 aliphatic heterocycles. The average molecular weight is 347 g/mol. The molecule has 7 heteroatoms. The number of halogens is 1. The average Bonchev–Trinajstić information content (AvgIpc) is 2.49. The molecule has 0 aromatic heterocycles. The van der Waals surface area contributed by atoms with Gasteiger partial charge in [-0.05, 0) is 50.6 Å². The topological polar surface area (TPSA) is 67.4 Å². The molecule has 0 radical (unpaired) electrons. The van der Waals surface area contributed by atoms with Crippen molar-refractivity contribution in [2.45, 2.75) is 24.7 Å². The van der Waals surface area contributed by atoms with Crippen molar-refractivity contribution in [3.63, 3.8) is 0 Å². The van der Waals surface area contributed by atoms with Crippen LogP contribution < -0.4 is 10.0 Å². The second-order valence-corrected chi connectivity index (χ2v) is 8.09. The molecule has 1 aromatic rings. The van der Waals surface area contributed by atoms with Crippen LogP contribution >= 0.6 is 11.6 Å². The monoisotopic (exact) mass is 346 g/mol. The number of methoxy groups -OCH3 is 1. The lowest BCUT2D eigenvalue weighted by molar-refractivity contribution is 0.0577. The third-order valence-corrected chi connectivity index (χ3v) is 5.97. The molecule has 0 unspecified atom stereocenters. The Morgan fingerprint density at radius 3 is 2.68 bits per heavy atom. The molecule has 1 fully saturated rings. The molecule has 0 aliphatic carbocycles. The van der Waals surface area contributed by atoms with Gasteiger partial charge in [0.15, 0.2) is 0 Å². The maximum absolute atomic E-state index is 12.6. The molecule has 1 aliphatic rings. The standard InChI is InChI=1S/C15H23ClN2O3S/c1-12-3-4-13(16)9-14(12)22(19,20)18-10-15(11-21-2)5-7-17-8-6-15/h3-4,9,17-18H,5-8,10-11H2,1-2H3. The Labute approximate surface area is 137 Å². The first-order valence-electron chi connectivity index (χ1n) is 7.34. The molecule has 0 amide bonds. The Balaban J connectivity index is 2.15. The summed E-state index contributed by atoms with van der Waals surface area (Å²) in [4.78, 5) is 0.238. The third-order valence-electron chi connectivity index (χ3n) is 4.19. The summed E-state index contributed by atoms with van der Waals surface area (Å²) in [6.07, 6.45) is 1.77. The van der Waals surface area contributed by atoms with Crippen molar-refractivity contribution < 1.29 is 13.2 Å². The molecule has 22 heavy (non-hydrogen) atoms. The summed E-state index contributed by atoms with van der Waals surface area (Å²) in [5, 5.41) is 3.71. The van der Waals surface area contributed by atoms with E-state index in [9.17, 15) is 8.42 Å². The molecule has 1 heterocycles. The van der Waals surface area contributed by atoms with Gasteiger partial charge in [-0.3, -0.25) is 0 Å². The van der Waals surface area contributed by atoms with Crippen molar-refractivity contribution in [2.75, 3.05) is 33.4 Å². The lowest BCUT2D eigenvalue weighted by Gasteiger charge is -2.37. The van der Waals surface area contributed by atoms with Crippen molar-refractivity contribution in [1.29, 1.82) is 0 Å². The van der Waals surface area contributed by atoms with E-state index in [4.69, 9.17) is 16.3 Å². The van der Waals surface area contributed by atoms with E-state index in [0.29, 0.717) is 23.7 Å². The van der Waals surface area contributed by atoms with Gasteiger partial charge in [0.1, 0.15) is 0 Å². The number of piperidine rings is 1.